The Kier molecular flexibility index (Phi) is 4.30. The van der Waals surface area contributed by atoms with Gasteiger partial charge in [-0.1, -0.05) is 12.1 Å². The molecule has 100 valence electrons. The number of ether oxygens (including phenoxy) is 1. The zero-order valence-corrected chi connectivity index (χ0v) is 11.4. The molecule has 19 heavy (non-hydrogen) atoms. The van der Waals surface area contributed by atoms with E-state index >= 15 is 0 Å². The molecule has 2 N–H and O–H groups in total. The maximum Gasteiger partial charge on any atom is 0.158 e. The molecule has 0 aliphatic heterocycles. The van der Waals surface area contributed by atoms with Crippen molar-refractivity contribution in [1.82, 2.24) is 9.97 Å². The van der Waals surface area contributed by atoms with Crippen LogP contribution in [0, 0.1) is 6.92 Å². The van der Waals surface area contributed by atoms with Gasteiger partial charge in [0.15, 0.2) is 5.82 Å². The first-order valence-electron chi connectivity index (χ1n) is 6.09. The van der Waals surface area contributed by atoms with Gasteiger partial charge in [-0.25, -0.2) is 9.97 Å². The fourth-order valence-corrected chi connectivity index (χ4v) is 1.75. The van der Waals surface area contributed by atoms with E-state index in [4.69, 9.17) is 4.74 Å². The molecule has 2 rings (SSSR count). The number of aryl methyl sites for hydroxylation is 1. The number of hydrogen-bond acceptors (Lipinski definition) is 5. The summed E-state index contributed by atoms with van der Waals surface area (Å²) >= 11 is 0. The van der Waals surface area contributed by atoms with Gasteiger partial charge in [-0.3, -0.25) is 0 Å². The predicted octanol–water partition coefficient (Wildman–Crippen LogP) is 2.72. The van der Waals surface area contributed by atoms with Gasteiger partial charge < -0.3 is 15.4 Å². The van der Waals surface area contributed by atoms with Crippen LogP contribution in [0.25, 0.3) is 0 Å². The highest BCUT2D eigenvalue weighted by atomic mass is 16.5. The van der Waals surface area contributed by atoms with Gasteiger partial charge in [0.1, 0.15) is 18.2 Å². The minimum Gasteiger partial charge on any atom is -0.377 e. The lowest BCUT2D eigenvalue weighted by atomic mass is 10.2. The first-order chi connectivity index (χ1) is 9.21. The minimum atomic E-state index is 0.387. The van der Waals surface area contributed by atoms with Gasteiger partial charge >= 0.3 is 0 Å². The lowest BCUT2D eigenvalue weighted by molar-refractivity contribution is 0.178. The van der Waals surface area contributed by atoms with Crippen LogP contribution in [0.2, 0.25) is 0 Å². The Morgan fingerprint density at radius 3 is 2.63 bits per heavy atom. The van der Waals surface area contributed by atoms with Crippen LogP contribution in [-0.4, -0.2) is 24.1 Å². The van der Waals surface area contributed by atoms with E-state index < -0.39 is 0 Å². The molecule has 0 radical (unpaired) electrons. The number of aromatic nitrogens is 2. The van der Waals surface area contributed by atoms with Crippen LogP contribution in [-0.2, 0) is 11.3 Å². The van der Waals surface area contributed by atoms with Crippen molar-refractivity contribution in [3.63, 3.8) is 0 Å². The molecule has 0 aliphatic rings. The zero-order valence-electron chi connectivity index (χ0n) is 11.4. The highest BCUT2D eigenvalue weighted by Crippen LogP contribution is 2.18. The van der Waals surface area contributed by atoms with Crippen LogP contribution in [0.3, 0.4) is 0 Å². The molecule has 0 saturated carbocycles. The fraction of sp³-hybridized carbons (Fsp3) is 0.286. The predicted molar refractivity (Wildman–Crippen MR) is 76.8 cm³/mol. The van der Waals surface area contributed by atoms with E-state index in [1.807, 2.05) is 25.2 Å². The van der Waals surface area contributed by atoms with Gasteiger partial charge in [0.2, 0.25) is 0 Å². The summed E-state index contributed by atoms with van der Waals surface area (Å²) in [5, 5.41) is 6.29. The Hall–Kier alpha value is -2.14. The topological polar surface area (TPSA) is 59.1 Å². The van der Waals surface area contributed by atoms with Crippen LogP contribution in [0.4, 0.5) is 17.3 Å². The summed E-state index contributed by atoms with van der Waals surface area (Å²) in [6.07, 6.45) is 0. The Morgan fingerprint density at radius 2 is 1.95 bits per heavy atom. The second-order valence-electron chi connectivity index (χ2n) is 4.23. The van der Waals surface area contributed by atoms with Crippen LogP contribution < -0.4 is 10.6 Å². The van der Waals surface area contributed by atoms with Crippen molar-refractivity contribution in [3.8, 4) is 0 Å². The molecule has 0 unspecified atom stereocenters. The number of methoxy groups -OCH3 is 1. The molecule has 0 atom stereocenters. The number of anilines is 3. The molecule has 5 nitrogen and oxygen atoms in total. The third kappa shape index (κ3) is 3.66. The van der Waals surface area contributed by atoms with E-state index in [1.165, 1.54) is 5.56 Å². The van der Waals surface area contributed by atoms with Gasteiger partial charge in [-0.05, 0) is 24.6 Å². The number of benzene rings is 1. The molecule has 0 spiro atoms. The largest absolute Gasteiger partial charge is 0.377 e. The van der Waals surface area contributed by atoms with Crippen molar-refractivity contribution >= 4 is 17.3 Å². The van der Waals surface area contributed by atoms with Gasteiger partial charge in [0, 0.05) is 25.9 Å². The molecule has 0 aliphatic carbocycles. The minimum absolute atomic E-state index is 0.387. The molecule has 0 saturated heterocycles. The summed E-state index contributed by atoms with van der Waals surface area (Å²) in [6, 6.07) is 10.00. The molecule has 0 amide bonds. The van der Waals surface area contributed by atoms with Crippen LogP contribution in [0.1, 0.15) is 11.4 Å². The molecular weight excluding hydrogens is 240 g/mol. The molecule has 1 heterocycles. The number of nitrogens with zero attached hydrogens (tertiary/aromatic N) is 2. The van der Waals surface area contributed by atoms with E-state index in [0.29, 0.717) is 12.4 Å². The molecule has 1 aromatic heterocycles. The third-order valence-corrected chi connectivity index (χ3v) is 2.59. The van der Waals surface area contributed by atoms with Crippen molar-refractivity contribution in [1.29, 1.82) is 0 Å². The monoisotopic (exact) mass is 258 g/mol. The van der Waals surface area contributed by atoms with Gasteiger partial charge in [-0.2, -0.15) is 0 Å². The Morgan fingerprint density at radius 1 is 1.16 bits per heavy atom. The van der Waals surface area contributed by atoms with Gasteiger partial charge in [-0.15, -0.1) is 0 Å². The standard InChI is InChI=1S/C14H18N4O/c1-10-5-4-6-11(7-10)16-13-8-12(15-2)17-14(18-13)9-19-3/h4-8H,9H2,1-3H3,(H2,15,16,17,18). The summed E-state index contributed by atoms with van der Waals surface area (Å²) < 4.78 is 5.07. The average Bonchev–Trinajstić information content (AvgIpc) is 2.39. The van der Waals surface area contributed by atoms with Crippen LogP contribution in [0.15, 0.2) is 30.3 Å². The summed E-state index contributed by atoms with van der Waals surface area (Å²) in [5.74, 6) is 2.15. The summed E-state index contributed by atoms with van der Waals surface area (Å²) in [7, 11) is 3.46. The average molecular weight is 258 g/mol. The third-order valence-electron chi connectivity index (χ3n) is 2.59. The molecular formula is C14H18N4O. The normalized spacial score (nSPS) is 10.3. The second kappa shape index (κ2) is 6.15. The second-order valence-corrected chi connectivity index (χ2v) is 4.23. The maximum atomic E-state index is 5.07. The maximum absolute atomic E-state index is 5.07. The molecule has 0 bridgehead atoms. The van der Waals surface area contributed by atoms with Crippen molar-refractivity contribution in [2.75, 3.05) is 24.8 Å². The molecule has 5 heteroatoms. The molecule has 0 fully saturated rings. The Balaban J connectivity index is 2.26. The van der Waals surface area contributed by atoms with Crippen molar-refractivity contribution in [2.45, 2.75) is 13.5 Å². The molecule has 2 aromatic rings. The van der Waals surface area contributed by atoms with E-state index in [-0.39, 0.29) is 0 Å². The van der Waals surface area contributed by atoms with Gasteiger partial charge in [0.05, 0.1) is 0 Å². The lowest BCUT2D eigenvalue weighted by Crippen LogP contribution is -2.04. The first-order valence-corrected chi connectivity index (χ1v) is 6.09. The van der Waals surface area contributed by atoms with Crippen LogP contribution in [0.5, 0.6) is 0 Å². The SMILES string of the molecule is CNc1cc(Nc2cccc(C)c2)nc(COC)n1. The summed E-state index contributed by atoms with van der Waals surface area (Å²) in [5.41, 5.74) is 2.20. The highest BCUT2D eigenvalue weighted by Gasteiger charge is 2.04. The quantitative estimate of drug-likeness (QED) is 0.863. The number of rotatable bonds is 5. The fourth-order valence-electron chi connectivity index (χ4n) is 1.75. The van der Waals surface area contributed by atoms with E-state index in [9.17, 15) is 0 Å². The van der Waals surface area contributed by atoms with E-state index in [2.05, 4.69) is 39.7 Å². The van der Waals surface area contributed by atoms with E-state index in [0.717, 1.165) is 17.3 Å². The first kappa shape index (κ1) is 13.3. The zero-order chi connectivity index (χ0) is 13.7. The smallest absolute Gasteiger partial charge is 0.158 e. The van der Waals surface area contributed by atoms with Gasteiger partial charge in [0.25, 0.3) is 0 Å². The lowest BCUT2D eigenvalue weighted by Gasteiger charge is -2.10. The van der Waals surface area contributed by atoms with E-state index in [1.54, 1.807) is 7.11 Å². The van der Waals surface area contributed by atoms with Crippen molar-refractivity contribution in [3.05, 3.63) is 41.7 Å². The summed E-state index contributed by atoms with van der Waals surface area (Å²) in [6.45, 7) is 2.44. The van der Waals surface area contributed by atoms with Crippen molar-refractivity contribution < 1.29 is 4.74 Å². The number of hydrogen-bond donors (Lipinski definition) is 2. The van der Waals surface area contributed by atoms with Crippen molar-refractivity contribution in [2.24, 2.45) is 0 Å². The highest BCUT2D eigenvalue weighted by molar-refractivity contribution is 5.59. The Labute approximate surface area is 113 Å². The Bertz CT molecular complexity index is 557. The summed E-state index contributed by atoms with van der Waals surface area (Å²) in [4.78, 5) is 8.72. The number of nitrogens with one attached hydrogen (secondary N) is 2. The molecule has 1 aromatic carbocycles. The van der Waals surface area contributed by atoms with Crippen LogP contribution >= 0.6 is 0 Å².